The van der Waals surface area contributed by atoms with Crippen LogP contribution in [0.15, 0.2) is 130 Å². The van der Waals surface area contributed by atoms with Crippen LogP contribution in [0.5, 0.6) is 0 Å². The molecule has 148 heavy (non-hydrogen) atoms. The number of nitrogens with one attached hydrogen (secondary N) is 8. The lowest BCUT2D eigenvalue weighted by Crippen LogP contribution is -2.33. The molecule has 0 spiro atoms. The molecule has 9 aromatic rings. The maximum atomic E-state index is 14.8. The molecule has 1 aromatic carbocycles. The third-order valence-electron chi connectivity index (χ3n) is 24.3. The molecular weight excluding hydrogens is 2120 g/mol. The van der Waals surface area contributed by atoms with Gasteiger partial charge in [-0.2, -0.15) is 4.98 Å². The predicted molar refractivity (Wildman–Crippen MR) is 488 cm³/mol. The van der Waals surface area contributed by atoms with Crippen LogP contribution in [-0.4, -0.2) is 253 Å². The minimum absolute atomic E-state index is 0.0561. The van der Waals surface area contributed by atoms with Gasteiger partial charge in [0, 0.05) is 122 Å². The van der Waals surface area contributed by atoms with E-state index in [0.29, 0.717) is 0 Å². The summed E-state index contributed by atoms with van der Waals surface area (Å²) in [7, 11) is -34.1. The predicted octanol–water partition coefficient (Wildman–Crippen LogP) is -1.70. The van der Waals surface area contributed by atoms with Gasteiger partial charge in [0.25, 0.3) is 44.6 Å². The van der Waals surface area contributed by atoms with Crippen molar-refractivity contribution in [3.8, 4) is 0 Å². The van der Waals surface area contributed by atoms with Crippen molar-refractivity contribution < 1.29 is 159 Å². The molecule has 806 valence electrons. The number of hydrogen-bond donors (Lipinski definition) is 16. The lowest BCUT2D eigenvalue weighted by Gasteiger charge is -2.26. The molecule has 7 aliphatic rings. The first-order chi connectivity index (χ1) is 69.6. The highest BCUT2D eigenvalue weighted by molar-refractivity contribution is 7.48. The lowest BCUT2D eigenvalue weighted by atomic mass is 10.2. The first-order valence-corrected chi connectivity index (χ1v) is 53.3. The Hall–Kier alpha value is -10.8. The number of nitro groups is 1. The Labute approximate surface area is 822 Å². The zero-order valence-electron chi connectivity index (χ0n) is 77.4. The highest BCUT2D eigenvalue weighted by Gasteiger charge is 2.53. The molecule has 6 unspecified atom stereocenters. The third-order valence-corrected chi connectivity index (χ3v) is 30.4. The minimum atomic E-state index is -5.87. The number of imidazole rings is 1. The number of ether oxygens (including phenoxy) is 7. The Morgan fingerprint density at radius 2 is 0.608 bits per heavy atom. The van der Waals surface area contributed by atoms with Crippen molar-refractivity contribution in [2.75, 3.05) is 51.6 Å². The van der Waals surface area contributed by atoms with Gasteiger partial charge in [0.1, 0.15) is 129 Å². The number of rotatable bonds is 41. The van der Waals surface area contributed by atoms with Crippen LogP contribution in [0.2, 0.25) is 0 Å². The number of para-hydroxylation sites is 2. The van der Waals surface area contributed by atoms with Crippen molar-refractivity contribution in [3.05, 3.63) is 247 Å². The monoisotopic (exact) mass is 2210 g/mol. The first-order valence-electron chi connectivity index (χ1n) is 44.3. The molecule has 0 saturated carbocycles. The van der Waals surface area contributed by atoms with Crippen LogP contribution in [-0.2, 0) is 115 Å². The molecule has 15 heterocycles. The molecule has 8 aromatic heterocycles. The van der Waals surface area contributed by atoms with Crippen LogP contribution in [0, 0.1) is 51.7 Å². The van der Waals surface area contributed by atoms with Crippen LogP contribution in [0.1, 0.15) is 122 Å². The number of aliphatic hydroxyl groups excluding tert-OH is 2. The zero-order chi connectivity index (χ0) is 107. The Bertz CT molecular complexity index is 7760. The Morgan fingerprint density at radius 1 is 0.365 bits per heavy atom. The van der Waals surface area contributed by atoms with E-state index in [9.17, 15) is 139 Å². The highest BCUT2D eigenvalue weighted by atomic mass is 31.2. The number of aryl methyl sites for hydroxylation is 6. The summed E-state index contributed by atoms with van der Waals surface area (Å²) < 4.78 is 200. The molecule has 16 N–H and O–H groups in total. The summed E-state index contributed by atoms with van der Waals surface area (Å²) in [4.78, 5) is 271. The number of H-pyrrole nitrogens is 7. The molecule has 0 bridgehead atoms. The van der Waals surface area contributed by atoms with Gasteiger partial charge in [-0.3, -0.25) is 165 Å². The zero-order valence-corrected chi connectivity index (χ0v) is 82.8. The first kappa shape index (κ1) is 110. The number of aliphatic hydroxyl groups is 2. The number of benzene rings is 1. The number of nitrogens with zero attached hydrogens (tertiary/aromatic N) is 10. The van der Waals surface area contributed by atoms with Crippen molar-refractivity contribution >= 4 is 75.4 Å². The van der Waals surface area contributed by atoms with Gasteiger partial charge in [0.05, 0.1) is 63.6 Å². The lowest BCUT2D eigenvalue weighted by molar-refractivity contribution is -0.383. The van der Waals surface area contributed by atoms with Crippen molar-refractivity contribution in [1.82, 2.24) is 76.8 Å². The van der Waals surface area contributed by atoms with Gasteiger partial charge in [-0.25, -0.2) is 61.1 Å². The quantitative estimate of drug-likeness (QED) is 0.0115. The molecule has 0 radical (unpaired) electrons. The summed E-state index contributed by atoms with van der Waals surface area (Å²) in [5, 5.41) is 35.8. The molecule has 7 saturated heterocycles. The fourth-order valence-electron chi connectivity index (χ4n) is 16.9. The Morgan fingerprint density at radius 3 is 0.885 bits per heavy atom. The van der Waals surface area contributed by atoms with Crippen molar-refractivity contribution in [2.24, 2.45) is 0 Å². The van der Waals surface area contributed by atoms with Gasteiger partial charge in [-0.1, -0.05) is 12.1 Å². The maximum Gasteiger partial charge on any atom is 0.472 e. The SMILES string of the molecule is Cc1cn([C@H]2C[C@H](OP(=O)(O)OC[C@H]3O[C@@H](n4cc(C)c(=O)[nH]c4=O)C[C@@H]3OP(=O)(O)OC[C@H]3O[C@@H](n4cc(C)c(=O)[nH]c4=O)C[C@@H]3OP(=O)(O)OC[C@H]3O[C@@H](n4cnc5c(=O)[nH]c(Nc6ccccc6[N+](=O)[O-])nc54)C[C@@H]3OP(=O)(O)OC[C@H]3O[C@@H](n4cc(C)c(=O)[nH]c4=O)C[C@@H]3OP(=O)(O)OC[C@H]3O[C@@H](n4cc(C)c(=O)[nH]c4=O)C[C@@H]3OP(=O)(O)OC[C@H]3O[C@@H](n4cc(C)c(=O)[nH]c4=O)C[C@@H]3O)[C@@H](CO)O2)c(=O)[nH]c1=O. The topological polar surface area (TPSA) is 888 Å². The Kier molecular flexibility index (Phi) is 32.5. The van der Waals surface area contributed by atoms with Crippen LogP contribution in [0.25, 0.3) is 11.2 Å². The van der Waals surface area contributed by atoms with Gasteiger partial charge in [-0.05, 0) is 47.6 Å². The molecule has 16 rings (SSSR count). The van der Waals surface area contributed by atoms with E-state index in [1.54, 1.807) is 0 Å². The van der Waals surface area contributed by atoms with Crippen molar-refractivity contribution in [3.63, 3.8) is 0 Å². The second-order valence-corrected chi connectivity index (χ2v) is 43.2. The van der Waals surface area contributed by atoms with Gasteiger partial charge in [0.15, 0.2) is 11.2 Å². The maximum absolute atomic E-state index is 14.8. The summed E-state index contributed by atoms with van der Waals surface area (Å²) >= 11 is 0. The molecule has 27 atom stereocenters. The van der Waals surface area contributed by atoms with Crippen LogP contribution >= 0.6 is 46.9 Å². The second-order valence-electron chi connectivity index (χ2n) is 34.8. The van der Waals surface area contributed by atoms with E-state index in [-0.39, 0.29) is 51.1 Å². The standard InChI is InChI=1S/C76H94N18O48P6/c1-32-18-87(71(104)81-63(32)97)54-11-40(96)48(131-54)25-124-143(112,113)138-42-13-56(89-20-34(3)65(99)83-73(89)106)133-50(42)27-126-145(116,117)140-44-15-58(91-22-36(5)67(101)85-75(91)108)135-52(44)29-128-148(122,123)142-46-17-60(93-31-77-61-62(93)79-70(80-69(61)103)78-38-9-7-8-10-39(38)94(110)111)136-53(46)30-129-147(120,121)141-45-16-59(92-23-37(6)68(102)86-76(92)109)134-51(45)28-127-146(118,119)139-43-14-57(90-21-35(4)66(100)84-74(90)107)132-49(43)26-125-144(114,115)137-41-12-55(130-47(41)24-95)88-19-33(2)64(98)82-72(88)105/h7-10,18-23,31,40-60,95-96H,11-17,24-30H2,1-6H3,(H,112,113)(H,114,115)(H,116,117)(H,118,119)(H,120,121)(H,122,123)(H,81,97,104)(H,82,98,105)(H,83,99,106)(H,84,100,107)(H,85,101,108)(H,86,102,109)(H2,78,79,80,103)/t40-,41-,42-,43-,44-,45-,46-,47+,48+,49+,50+,51+,52+,53+,54+,55+,56+,57+,58+,59+,60+/m0/s1. The smallest absolute Gasteiger partial charge is 0.394 e. The third kappa shape index (κ3) is 25.4. The van der Waals surface area contributed by atoms with Gasteiger partial charge in [-0.15, -0.1) is 0 Å². The number of anilines is 2. The van der Waals surface area contributed by atoms with Crippen LogP contribution in [0.4, 0.5) is 17.3 Å². The number of fused-ring (bicyclic) bond motifs is 1. The highest BCUT2D eigenvalue weighted by Crippen LogP contribution is 2.58. The van der Waals surface area contributed by atoms with E-state index in [1.807, 2.05) is 15.0 Å². The van der Waals surface area contributed by atoms with Crippen molar-refractivity contribution in [1.29, 1.82) is 0 Å². The van der Waals surface area contributed by atoms with E-state index in [1.165, 1.54) is 59.7 Å². The van der Waals surface area contributed by atoms with E-state index in [2.05, 4.69) is 35.2 Å². The summed E-state index contributed by atoms with van der Waals surface area (Å²) in [5.41, 5.74) is -13.9. The molecule has 66 nitrogen and oxygen atoms in total. The number of aromatic amines is 7. The fraction of sp³-hybridized carbons (Fsp3) is 0.539. The van der Waals surface area contributed by atoms with Gasteiger partial charge in [0.2, 0.25) is 5.95 Å². The summed E-state index contributed by atoms with van der Waals surface area (Å²) in [6, 6.07) is 5.12. The molecule has 0 amide bonds. The van der Waals surface area contributed by atoms with Crippen LogP contribution < -0.4 is 78.4 Å². The normalized spacial score (nSPS) is 28.6. The molecule has 72 heteroatoms. The number of phosphoric ester groups is 6. The molecule has 7 aliphatic heterocycles. The second kappa shape index (κ2) is 43.8. The molecule has 0 aliphatic carbocycles. The minimum Gasteiger partial charge on any atom is -0.394 e. The fourth-order valence-corrected chi connectivity index (χ4v) is 22.7. The number of nitro benzene ring substituents is 1. The van der Waals surface area contributed by atoms with Crippen LogP contribution in [0.3, 0.4) is 0 Å². The van der Waals surface area contributed by atoms with E-state index < -0.39 is 356 Å². The van der Waals surface area contributed by atoms with Gasteiger partial charge >= 0.3 is 81.1 Å². The number of hydrogen-bond acceptors (Lipinski definition) is 45. The number of phosphoric acid groups is 6. The van der Waals surface area contributed by atoms with Gasteiger partial charge < -0.3 is 78.0 Å². The molecular formula is C76H94N18O48P6. The van der Waals surface area contributed by atoms with E-state index in [4.69, 9.17) is 87.4 Å². The average Bonchev–Trinajstić information content (AvgIpc) is 1.61. The van der Waals surface area contributed by atoms with E-state index in [0.717, 1.165) is 81.5 Å². The molecule has 7 fully saturated rings. The Balaban J connectivity index is 0.634. The average molecular weight is 2210 g/mol. The number of aromatic nitrogens is 16. The van der Waals surface area contributed by atoms with E-state index >= 15 is 0 Å². The largest absolute Gasteiger partial charge is 0.472 e. The summed E-state index contributed by atoms with van der Waals surface area (Å²) in [6.45, 7) is -0.0654. The summed E-state index contributed by atoms with van der Waals surface area (Å²) in [6.07, 6.45) is -32.3. The summed E-state index contributed by atoms with van der Waals surface area (Å²) in [5.74, 6) is -0.448. The van der Waals surface area contributed by atoms with Crippen molar-refractivity contribution in [2.45, 2.75) is 216 Å².